The number of aromatic nitrogens is 1. The summed E-state index contributed by atoms with van der Waals surface area (Å²) in [6.07, 6.45) is 1.64. The molecule has 0 unspecified atom stereocenters. The number of aryl methyl sites for hydroxylation is 2. The number of nitrogens with one attached hydrogen (secondary N) is 2. The van der Waals surface area contributed by atoms with Gasteiger partial charge in [-0.05, 0) is 71.7 Å². The van der Waals surface area contributed by atoms with Gasteiger partial charge in [-0.2, -0.15) is 0 Å². The molecule has 0 fully saturated rings. The topological polar surface area (TPSA) is 54.0 Å². The first-order valence-corrected chi connectivity index (χ1v) is 8.68. The molecular weight excluding hydrogens is 378 g/mol. The second-order valence-corrected chi connectivity index (χ2v) is 6.71. The molecule has 0 radical (unpaired) electrons. The van der Waals surface area contributed by atoms with E-state index in [9.17, 15) is 4.79 Å². The summed E-state index contributed by atoms with van der Waals surface area (Å²) in [6.45, 7) is 4.03. The Morgan fingerprint density at radius 1 is 0.960 bits per heavy atom. The highest BCUT2D eigenvalue weighted by molar-refractivity contribution is 9.10. The molecule has 3 aromatic rings. The van der Waals surface area contributed by atoms with Gasteiger partial charge in [0.15, 0.2) is 0 Å². The van der Waals surface area contributed by atoms with E-state index in [2.05, 4.69) is 31.5 Å². The van der Waals surface area contributed by atoms with Crippen LogP contribution in [0.1, 0.15) is 21.5 Å². The monoisotopic (exact) mass is 395 g/mol. The Balaban J connectivity index is 1.67. The van der Waals surface area contributed by atoms with Gasteiger partial charge in [0, 0.05) is 10.0 Å². The zero-order chi connectivity index (χ0) is 17.8. The van der Waals surface area contributed by atoms with Gasteiger partial charge in [0.05, 0.1) is 17.6 Å². The molecule has 4 nitrogen and oxygen atoms in total. The van der Waals surface area contributed by atoms with E-state index in [4.69, 9.17) is 0 Å². The van der Waals surface area contributed by atoms with Crippen LogP contribution in [0.3, 0.4) is 0 Å². The molecule has 0 saturated carbocycles. The predicted octanol–water partition coefficient (Wildman–Crippen LogP) is 5.46. The van der Waals surface area contributed by atoms with Gasteiger partial charge < -0.3 is 10.6 Å². The fourth-order valence-electron chi connectivity index (χ4n) is 2.31. The first-order valence-electron chi connectivity index (χ1n) is 7.88. The number of rotatable bonds is 4. The van der Waals surface area contributed by atoms with E-state index in [0.717, 1.165) is 15.7 Å². The van der Waals surface area contributed by atoms with Crippen LogP contribution in [0.4, 0.5) is 17.2 Å². The van der Waals surface area contributed by atoms with Gasteiger partial charge in [-0.15, -0.1) is 0 Å². The molecule has 126 valence electrons. The van der Waals surface area contributed by atoms with E-state index in [0.29, 0.717) is 17.1 Å². The molecule has 1 aromatic heterocycles. The molecule has 0 aliphatic carbocycles. The molecule has 0 aliphatic rings. The average molecular weight is 396 g/mol. The van der Waals surface area contributed by atoms with Crippen molar-refractivity contribution < 1.29 is 4.79 Å². The first-order chi connectivity index (χ1) is 12.0. The van der Waals surface area contributed by atoms with Crippen molar-refractivity contribution in [1.82, 2.24) is 4.98 Å². The Morgan fingerprint density at radius 2 is 1.68 bits per heavy atom. The average Bonchev–Trinajstić information content (AvgIpc) is 2.59. The van der Waals surface area contributed by atoms with E-state index in [-0.39, 0.29) is 5.91 Å². The van der Waals surface area contributed by atoms with Crippen LogP contribution in [0.2, 0.25) is 0 Å². The molecular formula is C20H18BrN3O. The van der Waals surface area contributed by atoms with Crippen LogP contribution >= 0.6 is 15.9 Å². The molecule has 2 aromatic carbocycles. The summed E-state index contributed by atoms with van der Waals surface area (Å²) in [6, 6.07) is 17.2. The van der Waals surface area contributed by atoms with Crippen LogP contribution in [0, 0.1) is 13.8 Å². The van der Waals surface area contributed by atoms with E-state index < -0.39 is 0 Å². The fourth-order valence-corrected chi connectivity index (χ4v) is 2.90. The van der Waals surface area contributed by atoms with Crippen molar-refractivity contribution >= 4 is 39.0 Å². The molecule has 0 spiro atoms. The van der Waals surface area contributed by atoms with E-state index in [1.165, 1.54) is 5.56 Å². The molecule has 0 saturated heterocycles. The van der Waals surface area contributed by atoms with Crippen LogP contribution in [-0.4, -0.2) is 10.9 Å². The summed E-state index contributed by atoms with van der Waals surface area (Å²) >= 11 is 3.54. The van der Waals surface area contributed by atoms with E-state index in [1.54, 1.807) is 6.20 Å². The minimum Gasteiger partial charge on any atom is -0.339 e. The maximum atomic E-state index is 12.2. The van der Waals surface area contributed by atoms with Crippen molar-refractivity contribution in [2.75, 3.05) is 10.6 Å². The maximum absolute atomic E-state index is 12.2. The normalized spacial score (nSPS) is 10.4. The lowest BCUT2D eigenvalue weighted by Gasteiger charge is -2.10. The number of nitrogens with zero attached hydrogens (tertiary/aromatic N) is 1. The van der Waals surface area contributed by atoms with E-state index >= 15 is 0 Å². The van der Waals surface area contributed by atoms with Crippen LogP contribution in [0.15, 0.2) is 65.3 Å². The number of amides is 1. The van der Waals surface area contributed by atoms with Crippen molar-refractivity contribution in [2.45, 2.75) is 13.8 Å². The third-order valence-corrected chi connectivity index (χ3v) is 4.38. The molecule has 5 heteroatoms. The van der Waals surface area contributed by atoms with Crippen molar-refractivity contribution in [3.8, 4) is 0 Å². The fraction of sp³-hybridized carbons (Fsp3) is 0.100. The lowest BCUT2D eigenvalue weighted by Crippen LogP contribution is -2.12. The number of halogens is 1. The zero-order valence-electron chi connectivity index (χ0n) is 14.0. The van der Waals surface area contributed by atoms with Crippen molar-refractivity contribution in [3.05, 3.63) is 82.0 Å². The Labute approximate surface area is 155 Å². The number of anilines is 3. The first kappa shape index (κ1) is 17.2. The van der Waals surface area contributed by atoms with Gasteiger partial charge in [-0.3, -0.25) is 4.79 Å². The molecule has 2 N–H and O–H groups in total. The molecule has 1 amide bonds. The largest absolute Gasteiger partial charge is 0.339 e. The standard InChI is InChI=1S/C20H18BrN3O/c1-13-3-6-15(7-4-13)20(25)23-16-8-10-19(22-12-16)24-18-9-5-14(2)11-17(18)21/h3-12H,1-2H3,(H,22,24)(H,23,25). The molecule has 0 aliphatic heterocycles. The minimum atomic E-state index is -0.149. The Morgan fingerprint density at radius 3 is 2.32 bits per heavy atom. The Bertz CT molecular complexity index is 890. The van der Waals surface area contributed by atoms with Crippen molar-refractivity contribution in [1.29, 1.82) is 0 Å². The van der Waals surface area contributed by atoms with Crippen LogP contribution in [0.25, 0.3) is 0 Å². The Kier molecular flexibility index (Phi) is 5.14. The summed E-state index contributed by atoms with van der Waals surface area (Å²) in [5, 5.41) is 6.10. The number of hydrogen-bond acceptors (Lipinski definition) is 3. The SMILES string of the molecule is Cc1ccc(C(=O)Nc2ccc(Nc3ccc(C)cc3Br)nc2)cc1. The smallest absolute Gasteiger partial charge is 0.255 e. The number of benzene rings is 2. The highest BCUT2D eigenvalue weighted by atomic mass is 79.9. The predicted molar refractivity (Wildman–Crippen MR) is 106 cm³/mol. The lowest BCUT2D eigenvalue weighted by molar-refractivity contribution is 0.102. The van der Waals surface area contributed by atoms with Crippen LogP contribution < -0.4 is 10.6 Å². The van der Waals surface area contributed by atoms with Crippen molar-refractivity contribution in [2.24, 2.45) is 0 Å². The van der Waals surface area contributed by atoms with Gasteiger partial charge in [-0.1, -0.05) is 23.8 Å². The van der Waals surface area contributed by atoms with E-state index in [1.807, 2.05) is 68.4 Å². The summed E-state index contributed by atoms with van der Waals surface area (Å²) in [5.74, 6) is 0.557. The third kappa shape index (κ3) is 4.45. The zero-order valence-corrected chi connectivity index (χ0v) is 15.6. The molecule has 25 heavy (non-hydrogen) atoms. The van der Waals surface area contributed by atoms with Gasteiger partial charge in [0.2, 0.25) is 0 Å². The molecule has 1 heterocycles. The van der Waals surface area contributed by atoms with Gasteiger partial charge in [0.1, 0.15) is 5.82 Å². The van der Waals surface area contributed by atoms with Gasteiger partial charge in [-0.25, -0.2) is 4.98 Å². The second kappa shape index (κ2) is 7.49. The molecule has 0 bridgehead atoms. The number of hydrogen-bond donors (Lipinski definition) is 2. The van der Waals surface area contributed by atoms with Crippen LogP contribution in [-0.2, 0) is 0 Å². The van der Waals surface area contributed by atoms with Gasteiger partial charge >= 0.3 is 0 Å². The highest BCUT2D eigenvalue weighted by Gasteiger charge is 2.06. The highest BCUT2D eigenvalue weighted by Crippen LogP contribution is 2.26. The Hall–Kier alpha value is -2.66. The third-order valence-electron chi connectivity index (χ3n) is 3.72. The van der Waals surface area contributed by atoms with Gasteiger partial charge in [0.25, 0.3) is 5.91 Å². The number of carbonyl (C=O) groups excluding carboxylic acids is 1. The minimum absolute atomic E-state index is 0.149. The summed E-state index contributed by atoms with van der Waals surface area (Å²) in [4.78, 5) is 16.6. The number of pyridine rings is 1. The van der Waals surface area contributed by atoms with Crippen LogP contribution in [0.5, 0.6) is 0 Å². The quantitative estimate of drug-likeness (QED) is 0.616. The summed E-state index contributed by atoms with van der Waals surface area (Å²) in [7, 11) is 0. The summed E-state index contributed by atoms with van der Waals surface area (Å²) < 4.78 is 0.978. The molecule has 0 atom stereocenters. The summed E-state index contributed by atoms with van der Waals surface area (Å²) in [5.41, 5.74) is 4.51. The number of carbonyl (C=O) groups is 1. The second-order valence-electron chi connectivity index (χ2n) is 5.86. The molecule has 3 rings (SSSR count). The maximum Gasteiger partial charge on any atom is 0.255 e. The lowest BCUT2D eigenvalue weighted by atomic mass is 10.1. The van der Waals surface area contributed by atoms with Crippen molar-refractivity contribution in [3.63, 3.8) is 0 Å².